The highest BCUT2D eigenvalue weighted by Gasteiger charge is 2.43. The molecule has 0 unspecified atom stereocenters. The van der Waals surface area contributed by atoms with Gasteiger partial charge in [-0.3, -0.25) is 4.79 Å². The van der Waals surface area contributed by atoms with Crippen LogP contribution in [0.5, 0.6) is 0 Å². The third kappa shape index (κ3) is 4.69. The van der Waals surface area contributed by atoms with E-state index in [9.17, 15) is 4.79 Å². The predicted molar refractivity (Wildman–Crippen MR) is 165 cm³/mol. The molecule has 3 aromatic heterocycles. The lowest BCUT2D eigenvalue weighted by Crippen LogP contribution is -2.15. The first kappa shape index (κ1) is 25.4. The number of benzene rings is 3. The molecule has 1 saturated carbocycles. The summed E-state index contributed by atoms with van der Waals surface area (Å²) in [6, 6.07) is 32.6. The SMILES string of the molecule is Cn1ccc2c(-c3cc(N=C(c4ccccc4)c4ccccc4)c4cnc(NC(=O)[C@H]5C[C@@H]5C#N)cc4c3)ccnc21. The van der Waals surface area contributed by atoms with E-state index in [-0.39, 0.29) is 17.7 Å². The molecule has 0 saturated heterocycles. The molecule has 7 heteroatoms. The van der Waals surface area contributed by atoms with Crippen molar-refractivity contribution in [3.05, 3.63) is 121 Å². The molecule has 202 valence electrons. The molecule has 7 nitrogen and oxygen atoms in total. The third-order valence-corrected chi connectivity index (χ3v) is 7.77. The number of nitrogens with zero attached hydrogens (tertiary/aromatic N) is 5. The first-order chi connectivity index (χ1) is 20.6. The Morgan fingerprint density at radius 2 is 1.69 bits per heavy atom. The molecule has 6 aromatic rings. The topological polar surface area (TPSA) is 96.0 Å². The molecule has 42 heavy (non-hydrogen) atoms. The van der Waals surface area contributed by atoms with E-state index in [0.717, 1.165) is 55.5 Å². The van der Waals surface area contributed by atoms with Crippen LogP contribution in [0.2, 0.25) is 0 Å². The number of hydrogen-bond donors (Lipinski definition) is 1. The zero-order valence-electron chi connectivity index (χ0n) is 22.9. The summed E-state index contributed by atoms with van der Waals surface area (Å²) < 4.78 is 2.01. The fraction of sp³-hybridized carbons (Fsp3) is 0.114. The van der Waals surface area contributed by atoms with Gasteiger partial charge in [-0.25, -0.2) is 15.0 Å². The zero-order valence-corrected chi connectivity index (χ0v) is 22.9. The third-order valence-electron chi connectivity index (χ3n) is 7.77. The first-order valence-electron chi connectivity index (χ1n) is 13.8. The van der Waals surface area contributed by atoms with Gasteiger partial charge in [0.05, 0.1) is 29.3 Å². The van der Waals surface area contributed by atoms with Crippen molar-refractivity contribution in [3.63, 3.8) is 0 Å². The molecular weight excluding hydrogens is 520 g/mol. The molecule has 3 heterocycles. The number of nitriles is 1. The van der Waals surface area contributed by atoms with Crippen LogP contribution in [0, 0.1) is 23.2 Å². The van der Waals surface area contributed by atoms with Crippen molar-refractivity contribution in [2.75, 3.05) is 5.32 Å². The molecule has 3 aromatic carbocycles. The van der Waals surface area contributed by atoms with Gasteiger partial charge in [0.15, 0.2) is 0 Å². The van der Waals surface area contributed by atoms with Crippen LogP contribution in [-0.2, 0) is 11.8 Å². The van der Waals surface area contributed by atoms with Gasteiger partial charge in [-0.05, 0) is 53.3 Å². The van der Waals surface area contributed by atoms with Gasteiger partial charge in [-0.15, -0.1) is 0 Å². The van der Waals surface area contributed by atoms with E-state index in [2.05, 4.69) is 63.8 Å². The minimum Gasteiger partial charge on any atom is -0.336 e. The summed E-state index contributed by atoms with van der Waals surface area (Å²) in [4.78, 5) is 27.1. The quantitative estimate of drug-likeness (QED) is 0.226. The number of nitrogens with one attached hydrogen (secondary N) is 1. The van der Waals surface area contributed by atoms with E-state index in [0.29, 0.717) is 12.2 Å². The second kappa shape index (κ2) is 10.4. The average Bonchev–Trinajstić information content (AvgIpc) is 3.74. The van der Waals surface area contributed by atoms with E-state index in [1.54, 1.807) is 6.20 Å². The van der Waals surface area contributed by atoms with Crippen LogP contribution in [0.3, 0.4) is 0 Å². The Hall–Kier alpha value is -5.61. The highest BCUT2D eigenvalue weighted by molar-refractivity contribution is 6.15. The number of aryl methyl sites for hydroxylation is 1. The Balaban J connectivity index is 1.42. The van der Waals surface area contributed by atoms with Crippen LogP contribution < -0.4 is 5.32 Å². The fourth-order valence-corrected chi connectivity index (χ4v) is 5.43. The lowest BCUT2D eigenvalue weighted by molar-refractivity contribution is -0.117. The van der Waals surface area contributed by atoms with Crippen molar-refractivity contribution in [1.82, 2.24) is 14.5 Å². The van der Waals surface area contributed by atoms with Crippen molar-refractivity contribution in [2.45, 2.75) is 6.42 Å². The number of pyridine rings is 2. The Morgan fingerprint density at radius 3 is 2.38 bits per heavy atom. The van der Waals surface area contributed by atoms with Crippen LogP contribution in [0.15, 0.2) is 115 Å². The van der Waals surface area contributed by atoms with E-state index in [1.807, 2.05) is 72.5 Å². The maximum Gasteiger partial charge on any atom is 0.230 e. The van der Waals surface area contributed by atoms with Gasteiger partial charge in [-0.1, -0.05) is 60.7 Å². The van der Waals surface area contributed by atoms with E-state index in [4.69, 9.17) is 10.3 Å². The van der Waals surface area contributed by atoms with Crippen LogP contribution in [0.4, 0.5) is 11.5 Å². The Kier molecular flexibility index (Phi) is 6.29. The lowest BCUT2D eigenvalue weighted by atomic mass is 9.98. The molecule has 0 spiro atoms. The number of anilines is 1. The molecule has 0 radical (unpaired) electrons. The zero-order chi connectivity index (χ0) is 28.6. The molecule has 1 amide bonds. The smallest absolute Gasteiger partial charge is 0.230 e. The summed E-state index contributed by atoms with van der Waals surface area (Å²) in [5, 5.41) is 14.9. The summed E-state index contributed by atoms with van der Waals surface area (Å²) in [7, 11) is 1.98. The molecule has 1 fully saturated rings. The molecule has 0 aliphatic heterocycles. The second-order valence-electron chi connectivity index (χ2n) is 10.6. The molecule has 7 rings (SSSR count). The number of rotatable bonds is 6. The number of amides is 1. The van der Waals surface area contributed by atoms with Gasteiger partial charge in [0.2, 0.25) is 5.91 Å². The number of carbonyl (C=O) groups is 1. The monoisotopic (exact) mass is 546 g/mol. The molecule has 2 atom stereocenters. The number of hydrogen-bond acceptors (Lipinski definition) is 5. The minimum absolute atomic E-state index is 0.168. The number of carbonyl (C=O) groups excluding carboxylic acids is 1. The lowest BCUT2D eigenvalue weighted by Gasteiger charge is -2.13. The van der Waals surface area contributed by atoms with Gasteiger partial charge in [0.25, 0.3) is 0 Å². The van der Waals surface area contributed by atoms with Gasteiger partial charge >= 0.3 is 0 Å². The average molecular weight is 547 g/mol. The summed E-state index contributed by atoms with van der Waals surface area (Å²) in [5.41, 5.74) is 6.54. The van der Waals surface area contributed by atoms with Crippen molar-refractivity contribution < 1.29 is 4.79 Å². The second-order valence-corrected chi connectivity index (χ2v) is 10.6. The molecule has 0 bridgehead atoms. The summed E-state index contributed by atoms with van der Waals surface area (Å²) >= 11 is 0. The van der Waals surface area contributed by atoms with Crippen molar-refractivity contribution in [3.8, 4) is 17.2 Å². The van der Waals surface area contributed by atoms with Crippen molar-refractivity contribution >= 4 is 44.9 Å². The van der Waals surface area contributed by atoms with E-state index >= 15 is 0 Å². The number of aromatic nitrogens is 3. The predicted octanol–water partition coefficient (Wildman–Crippen LogP) is 7.06. The Bertz CT molecular complexity index is 2000. The summed E-state index contributed by atoms with van der Waals surface area (Å²) in [5.74, 6) is -0.207. The highest BCUT2D eigenvalue weighted by Crippen LogP contribution is 2.39. The summed E-state index contributed by atoms with van der Waals surface area (Å²) in [6.07, 6.45) is 6.19. The molecule has 1 aliphatic carbocycles. The van der Waals surface area contributed by atoms with Crippen LogP contribution in [-0.4, -0.2) is 26.2 Å². The normalized spacial score (nSPS) is 15.7. The van der Waals surface area contributed by atoms with Crippen LogP contribution in [0.25, 0.3) is 32.9 Å². The molecule has 1 N–H and O–H groups in total. The van der Waals surface area contributed by atoms with Gasteiger partial charge in [-0.2, -0.15) is 5.26 Å². The maximum atomic E-state index is 12.7. The van der Waals surface area contributed by atoms with E-state index < -0.39 is 0 Å². The largest absolute Gasteiger partial charge is 0.336 e. The van der Waals surface area contributed by atoms with Crippen LogP contribution in [0.1, 0.15) is 17.5 Å². The van der Waals surface area contributed by atoms with Gasteiger partial charge in [0.1, 0.15) is 11.5 Å². The summed E-state index contributed by atoms with van der Waals surface area (Å²) in [6.45, 7) is 0. The molecule has 1 aliphatic rings. The first-order valence-corrected chi connectivity index (χ1v) is 13.8. The maximum absolute atomic E-state index is 12.7. The van der Waals surface area contributed by atoms with Crippen molar-refractivity contribution in [1.29, 1.82) is 5.26 Å². The van der Waals surface area contributed by atoms with Gasteiger partial charge < -0.3 is 9.88 Å². The fourth-order valence-electron chi connectivity index (χ4n) is 5.43. The van der Waals surface area contributed by atoms with Gasteiger partial charge in [0, 0.05) is 47.5 Å². The van der Waals surface area contributed by atoms with E-state index in [1.165, 1.54) is 0 Å². The number of aliphatic imine (C=N–C) groups is 1. The van der Waals surface area contributed by atoms with Crippen LogP contribution >= 0.6 is 0 Å². The number of fused-ring (bicyclic) bond motifs is 2. The minimum atomic E-state index is -0.276. The Labute approximate surface area is 242 Å². The molecular formula is C35H26N6O. The van der Waals surface area contributed by atoms with Crippen molar-refractivity contribution in [2.24, 2.45) is 23.9 Å². The standard InChI is InChI=1S/C35H26N6O/c1-41-15-13-28-27(12-14-37-34(28)41)24-16-25-19-32(40-35(42)29-17-26(29)20-36)38-21-30(25)31(18-24)39-33(22-8-4-2-5-9-22)23-10-6-3-7-11-23/h2-16,18-19,21,26,29H,17H2,1H3,(H,38,40,42)/t26-,29+/m1/s1. The highest BCUT2D eigenvalue weighted by atomic mass is 16.2. The Morgan fingerprint density at radius 1 is 0.952 bits per heavy atom.